The standard InChI is InChI=1S/C18H20ClN3O3/c19-11-3-4-16-14(6-11)15(7-17(23)21-16)18(24)20-8-13-9-22-5-1-2-12(22)10-25-13/h3-4,6-7,12-13H,1-2,5,8-10H2,(H,20,24)(H,21,23). The molecule has 2 unspecified atom stereocenters. The molecule has 0 radical (unpaired) electrons. The van der Waals surface area contributed by atoms with Crippen molar-refractivity contribution in [1.29, 1.82) is 0 Å². The largest absolute Gasteiger partial charge is 0.373 e. The summed E-state index contributed by atoms with van der Waals surface area (Å²) < 4.78 is 5.86. The Hall–Kier alpha value is -1.89. The van der Waals surface area contributed by atoms with E-state index in [1.807, 2.05) is 0 Å². The Kier molecular flexibility index (Phi) is 4.50. The van der Waals surface area contributed by atoms with Crippen LogP contribution in [0.5, 0.6) is 0 Å². The molecule has 25 heavy (non-hydrogen) atoms. The van der Waals surface area contributed by atoms with Gasteiger partial charge in [-0.15, -0.1) is 0 Å². The third kappa shape index (κ3) is 3.42. The first-order valence-electron chi connectivity index (χ1n) is 8.56. The number of rotatable bonds is 3. The average Bonchev–Trinajstić information content (AvgIpc) is 3.07. The van der Waals surface area contributed by atoms with Gasteiger partial charge >= 0.3 is 0 Å². The van der Waals surface area contributed by atoms with E-state index in [1.54, 1.807) is 18.2 Å². The number of aromatic amines is 1. The molecule has 4 rings (SSSR count). The van der Waals surface area contributed by atoms with Gasteiger partial charge in [0.05, 0.1) is 18.3 Å². The quantitative estimate of drug-likeness (QED) is 0.873. The maximum absolute atomic E-state index is 12.6. The number of fused-ring (bicyclic) bond motifs is 2. The molecule has 1 aromatic heterocycles. The average molecular weight is 362 g/mol. The van der Waals surface area contributed by atoms with E-state index in [1.165, 1.54) is 18.9 Å². The van der Waals surface area contributed by atoms with Crippen LogP contribution >= 0.6 is 11.6 Å². The molecule has 0 spiro atoms. The highest BCUT2D eigenvalue weighted by molar-refractivity contribution is 6.31. The van der Waals surface area contributed by atoms with Crippen molar-refractivity contribution in [1.82, 2.24) is 15.2 Å². The fraction of sp³-hybridized carbons (Fsp3) is 0.444. The topological polar surface area (TPSA) is 74.4 Å². The summed E-state index contributed by atoms with van der Waals surface area (Å²) in [7, 11) is 0. The van der Waals surface area contributed by atoms with Crippen LogP contribution in [0, 0.1) is 0 Å². The summed E-state index contributed by atoms with van der Waals surface area (Å²) in [6.07, 6.45) is 2.39. The zero-order chi connectivity index (χ0) is 17.4. The van der Waals surface area contributed by atoms with Crippen LogP contribution in [0.1, 0.15) is 23.2 Å². The number of hydrogen-bond donors (Lipinski definition) is 2. The molecule has 2 N–H and O–H groups in total. The summed E-state index contributed by atoms with van der Waals surface area (Å²) in [6, 6.07) is 6.92. The number of benzene rings is 1. The first-order valence-corrected chi connectivity index (χ1v) is 8.94. The van der Waals surface area contributed by atoms with Crippen LogP contribution in [0.25, 0.3) is 10.9 Å². The third-order valence-electron chi connectivity index (χ3n) is 5.00. The maximum atomic E-state index is 12.6. The smallest absolute Gasteiger partial charge is 0.252 e. The number of amides is 1. The van der Waals surface area contributed by atoms with Crippen molar-refractivity contribution < 1.29 is 9.53 Å². The number of morpholine rings is 1. The van der Waals surface area contributed by atoms with E-state index in [4.69, 9.17) is 16.3 Å². The van der Waals surface area contributed by atoms with Crippen LogP contribution in [-0.2, 0) is 4.74 Å². The zero-order valence-corrected chi connectivity index (χ0v) is 14.5. The molecule has 132 valence electrons. The van der Waals surface area contributed by atoms with Crippen LogP contribution < -0.4 is 10.9 Å². The highest BCUT2D eigenvalue weighted by atomic mass is 35.5. The maximum Gasteiger partial charge on any atom is 0.252 e. The Bertz CT molecular complexity index is 866. The van der Waals surface area contributed by atoms with Gasteiger partial charge in [-0.25, -0.2) is 0 Å². The van der Waals surface area contributed by atoms with Crippen LogP contribution in [0.3, 0.4) is 0 Å². The van der Waals surface area contributed by atoms with Crippen LogP contribution in [0.2, 0.25) is 5.02 Å². The number of carbonyl (C=O) groups excluding carboxylic acids is 1. The number of halogens is 1. The van der Waals surface area contributed by atoms with E-state index in [-0.39, 0.29) is 17.6 Å². The van der Waals surface area contributed by atoms with Crippen LogP contribution in [0.4, 0.5) is 0 Å². The molecule has 0 saturated carbocycles. The van der Waals surface area contributed by atoms with Gasteiger partial charge in [0.25, 0.3) is 5.91 Å². The SMILES string of the molecule is O=C(NCC1CN2CCCC2CO1)c1cc(=O)[nH]c2ccc(Cl)cc12. The molecule has 0 aliphatic carbocycles. The highest BCUT2D eigenvalue weighted by Crippen LogP contribution is 2.23. The van der Waals surface area contributed by atoms with Gasteiger partial charge in [0, 0.05) is 41.1 Å². The van der Waals surface area contributed by atoms with Crippen molar-refractivity contribution in [3.05, 3.63) is 45.2 Å². The number of ether oxygens (including phenoxy) is 1. The number of H-pyrrole nitrogens is 1. The Morgan fingerprint density at radius 2 is 2.28 bits per heavy atom. The molecule has 2 aliphatic heterocycles. The van der Waals surface area contributed by atoms with E-state index in [9.17, 15) is 9.59 Å². The molecular formula is C18H20ClN3O3. The van der Waals surface area contributed by atoms with E-state index < -0.39 is 0 Å². The first-order chi connectivity index (χ1) is 12.1. The highest BCUT2D eigenvalue weighted by Gasteiger charge is 2.32. The van der Waals surface area contributed by atoms with E-state index >= 15 is 0 Å². The lowest BCUT2D eigenvalue weighted by atomic mass is 10.1. The van der Waals surface area contributed by atoms with Crippen LogP contribution in [0.15, 0.2) is 29.1 Å². The second-order valence-corrected chi connectivity index (χ2v) is 7.13. The predicted octanol–water partition coefficient (Wildman–Crippen LogP) is 1.77. The monoisotopic (exact) mass is 361 g/mol. The third-order valence-corrected chi connectivity index (χ3v) is 5.24. The molecule has 2 aromatic rings. The number of pyridine rings is 1. The summed E-state index contributed by atoms with van der Waals surface area (Å²) in [6.45, 7) is 3.10. The molecule has 0 bridgehead atoms. The van der Waals surface area contributed by atoms with Gasteiger partial charge in [0.15, 0.2) is 0 Å². The van der Waals surface area contributed by atoms with Crippen molar-refractivity contribution >= 4 is 28.4 Å². The number of hydrogen-bond acceptors (Lipinski definition) is 4. The van der Waals surface area contributed by atoms with E-state index in [0.29, 0.717) is 34.1 Å². The number of nitrogens with zero attached hydrogens (tertiary/aromatic N) is 1. The number of aromatic nitrogens is 1. The number of nitrogens with one attached hydrogen (secondary N) is 2. The molecule has 2 aliphatic rings. The first kappa shape index (κ1) is 16.6. The van der Waals surface area contributed by atoms with Gasteiger partial charge in [-0.05, 0) is 37.6 Å². The van der Waals surface area contributed by atoms with Gasteiger partial charge in [0.1, 0.15) is 0 Å². The molecular weight excluding hydrogens is 342 g/mol. The normalized spacial score (nSPS) is 23.6. The van der Waals surface area contributed by atoms with Crippen molar-refractivity contribution in [3.63, 3.8) is 0 Å². The van der Waals surface area contributed by atoms with Gasteiger partial charge in [0.2, 0.25) is 5.56 Å². The summed E-state index contributed by atoms with van der Waals surface area (Å²) in [5.74, 6) is -0.287. The summed E-state index contributed by atoms with van der Waals surface area (Å²) in [5, 5.41) is 4.05. The molecule has 2 atom stereocenters. The zero-order valence-electron chi connectivity index (χ0n) is 13.8. The minimum Gasteiger partial charge on any atom is -0.373 e. The Morgan fingerprint density at radius 1 is 1.40 bits per heavy atom. The fourth-order valence-electron chi connectivity index (χ4n) is 3.72. The Labute approximate surface area is 150 Å². The minimum absolute atomic E-state index is 0.0184. The Morgan fingerprint density at radius 3 is 3.16 bits per heavy atom. The molecule has 1 amide bonds. The molecule has 7 heteroatoms. The van der Waals surface area contributed by atoms with Gasteiger partial charge < -0.3 is 15.0 Å². The summed E-state index contributed by atoms with van der Waals surface area (Å²) in [5.41, 5.74) is 0.612. The fourth-order valence-corrected chi connectivity index (χ4v) is 3.90. The van der Waals surface area contributed by atoms with Crippen LogP contribution in [-0.4, -0.2) is 54.2 Å². The Balaban J connectivity index is 1.49. The number of carbonyl (C=O) groups is 1. The lowest BCUT2D eigenvalue weighted by molar-refractivity contribution is -0.0461. The van der Waals surface area contributed by atoms with E-state index in [2.05, 4.69) is 15.2 Å². The van der Waals surface area contributed by atoms with Crippen molar-refractivity contribution in [2.75, 3.05) is 26.2 Å². The van der Waals surface area contributed by atoms with E-state index in [0.717, 1.165) is 19.7 Å². The molecule has 1 aromatic carbocycles. The van der Waals surface area contributed by atoms with Crippen molar-refractivity contribution in [2.45, 2.75) is 25.0 Å². The predicted molar refractivity (Wildman–Crippen MR) is 96.2 cm³/mol. The lowest BCUT2D eigenvalue weighted by Crippen LogP contribution is -2.50. The molecule has 6 nitrogen and oxygen atoms in total. The minimum atomic E-state index is -0.311. The van der Waals surface area contributed by atoms with Gasteiger partial charge in [-0.2, -0.15) is 0 Å². The van der Waals surface area contributed by atoms with Crippen molar-refractivity contribution in [3.8, 4) is 0 Å². The summed E-state index contributed by atoms with van der Waals surface area (Å²) >= 11 is 6.04. The summed E-state index contributed by atoms with van der Waals surface area (Å²) in [4.78, 5) is 29.6. The second kappa shape index (κ2) is 6.78. The molecule has 2 saturated heterocycles. The second-order valence-electron chi connectivity index (χ2n) is 6.69. The van der Waals surface area contributed by atoms with Gasteiger partial charge in [-0.3, -0.25) is 14.5 Å². The molecule has 2 fully saturated rings. The molecule has 3 heterocycles. The van der Waals surface area contributed by atoms with Crippen molar-refractivity contribution in [2.24, 2.45) is 0 Å². The van der Waals surface area contributed by atoms with Gasteiger partial charge in [-0.1, -0.05) is 11.6 Å². The lowest BCUT2D eigenvalue weighted by Gasteiger charge is -2.35.